The molecule has 0 bridgehead atoms. The van der Waals surface area contributed by atoms with E-state index in [1.807, 2.05) is 6.26 Å². The quantitative estimate of drug-likeness (QED) is 0.584. The van der Waals surface area contributed by atoms with Crippen molar-refractivity contribution >= 4 is 29.0 Å². The third kappa shape index (κ3) is 1.73. The van der Waals surface area contributed by atoms with Crippen LogP contribution >= 0.6 is 11.8 Å². The molecule has 2 heterocycles. The number of fused-ring (bicyclic) bond motifs is 1. The van der Waals surface area contributed by atoms with Gasteiger partial charge in [-0.2, -0.15) is 0 Å². The molecule has 84 valence electrons. The highest BCUT2D eigenvalue weighted by Crippen LogP contribution is 2.20. The minimum atomic E-state index is -0.476. The molecule has 7 heteroatoms. The fourth-order valence-electron chi connectivity index (χ4n) is 1.29. The first-order chi connectivity index (χ1) is 7.77. The van der Waals surface area contributed by atoms with E-state index in [0.717, 1.165) is 5.03 Å². The van der Waals surface area contributed by atoms with Gasteiger partial charge in [-0.05, 0) is 13.2 Å². The van der Waals surface area contributed by atoms with Gasteiger partial charge in [0.05, 0.1) is 6.61 Å². The minimum Gasteiger partial charge on any atom is -0.449 e. The van der Waals surface area contributed by atoms with Gasteiger partial charge in [-0.3, -0.25) is 0 Å². The molecule has 0 saturated carbocycles. The molecule has 6 nitrogen and oxygen atoms in total. The van der Waals surface area contributed by atoms with Crippen LogP contribution in [0.25, 0.3) is 11.2 Å². The molecule has 16 heavy (non-hydrogen) atoms. The van der Waals surface area contributed by atoms with Crippen LogP contribution in [-0.2, 0) is 4.74 Å². The maximum absolute atomic E-state index is 11.6. The Labute approximate surface area is 96.0 Å². The van der Waals surface area contributed by atoms with Gasteiger partial charge < -0.3 is 4.74 Å². The fraction of sp³-hybridized carbons (Fsp3) is 0.333. The zero-order valence-corrected chi connectivity index (χ0v) is 9.69. The van der Waals surface area contributed by atoms with Gasteiger partial charge in [0.1, 0.15) is 23.2 Å². The second-order valence-corrected chi connectivity index (χ2v) is 3.66. The van der Waals surface area contributed by atoms with Crippen molar-refractivity contribution in [1.29, 1.82) is 0 Å². The zero-order chi connectivity index (χ0) is 11.5. The Balaban J connectivity index is 2.53. The molecular formula is C9H10N4O2S. The van der Waals surface area contributed by atoms with E-state index in [1.165, 1.54) is 29.0 Å². The number of nitrogens with zero attached hydrogens (tertiary/aromatic N) is 4. The van der Waals surface area contributed by atoms with Gasteiger partial charge in [-0.25, -0.2) is 24.3 Å². The number of rotatable bonds is 2. The molecule has 0 saturated heterocycles. The van der Waals surface area contributed by atoms with Crippen molar-refractivity contribution in [2.24, 2.45) is 0 Å². The van der Waals surface area contributed by atoms with Crippen molar-refractivity contribution in [3.63, 3.8) is 0 Å². The summed E-state index contributed by atoms with van der Waals surface area (Å²) in [5.41, 5.74) is 1.08. The average molecular weight is 238 g/mol. The van der Waals surface area contributed by atoms with Crippen LogP contribution in [0.5, 0.6) is 0 Å². The van der Waals surface area contributed by atoms with Gasteiger partial charge in [0, 0.05) is 0 Å². The lowest BCUT2D eigenvalue weighted by Gasteiger charge is -2.02. The van der Waals surface area contributed by atoms with Gasteiger partial charge >= 0.3 is 6.09 Å². The number of thioether (sulfide) groups is 1. The Kier molecular flexibility index (Phi) is 3.04. The minimum absolute atomic E-state index is 0.318. The van der Waals surface area contributed by atoms with E-state index in [2.05, 4.69) is 15.0 Å². The SMILES string of the molecule is CCOC(=O)n1cnc2c(SC)ncnc21. The molecule has 0 unspecified atom stereocenters. The second-order valence-electron chi connectivity index (χ2n) is 2.87. The molecule has 2 aromatic heterocycles. The Morgan fingerprint density at radius 2 is 2.31 bits per heavy atom. The Morgan fingerprint density at radius 3 is 3.00 bits per heavy atom. The molecule has 0 atom stereocenters. The first kappa shape index (κ1) is 10.9. The summed E-state index contributed by atoms with van der Waals surface area (Å²) < 4.78 is 6.16. The topological polar surface area (TPSA) is 69.9 Å². The normalized spacial score (nSPS) is 10.6. The first-order valence-electron chi connectivity index (χ1n) is 4.67. The van der Waals surface area contributed by atoms with Crippen molar-refractivity contribution in [1.82, 2.24) is 19.5 Å². The van der Waals surface area contributed by atoms with Crippen molar-refractivity contribution in [2.75, 3.05) is 12.9 Å². The van der Waals surface area contributed by atoms with E-state index in [-0.39, 0.29) is 0 Å². The number of hydrogen-bond acceptors (Lipinski definition) is 6. The molecule has 0 fully saturated rings. The lowest BCUT2D eigenvalue weighted by atomic mass is 10.5. The molecule has 2 aromatic rings. The van der Waals surface area contributed by atoms with E-state index >= 15 is 0 Å². The Hall–Kier alpha value is -1.63. The van der Waals surface area contributed by atoms with Crippen LogP contribution in [0.2, 0.25) is 0 Å². The van der Waals surface area contributed by atoms with Crippen molar-refractivity contribution in [3.05, 3.63) is 12.7 Å². The Bertz CT molecular complexity index is 525. The highest BCUT2D eigenvalue weighted by atomic mass is 32.2. The van der Waals surface area contributed by atoms with E-state index in [1.54, 1.807) is 6.92 Å². The molecule has 0 spiro atoms. The van der Waals surface area contributed by atoms with Crippen molar-refractivity contribution < 1.29 is 9.53 Å². The lowest BCUT2D eigenvalue weighted by Crippen LogP contribution is -2.12. The number of imidazole rings is 1. The third-order valence-electron chi connectivity index (χ3n) is 1.96. The highest BCUT2D eigenvalue weighted by molar-refractivity contribution is 7.98. The largest absolute Gasteiger partial charge is 0.449 e. The van der Waals surface area contributed by atoms with Crippen LogP contribution < -0.4 is 0 Å². The number of carbonyl (C=O) groups excluding carboxylic acids is 1. The second kappa shape index (κ2) is 4.48. The molecule has 0 aliphatic carbocycles. The van der Waals surface area contributed by atoms with Gasteiger partial charge in [0.15, 0.2) is 5.65 Å². The van der Waals surface area contributed by atoms with Crippen LogP contribution in [0.15, 0.2) is 17.7 Å². The summed E-state index contributed by atoms with van der Waals surface area (Å²) in [7, 11) is 0. The van der Waals surface area contributed by atoms with Crippen LogP contribution in [0.4, 0.5) is 4.79 Å². The average Bonchev–Trinajstić information content (AvgIpc) is 2.72. The van der Waals surface area contributed by atoms with E-state index < -0.39 is 6.09 Å². The predicted octanol–water partition coefficient (Wildman–Crippen LogP) is 1.55. The summed E-state index contributed by atoms with van der Waals surface area (Å²) >= 11 is 1.46. The lowest BCUT2D eigenvalue weighted by molar-refractivity contribution is 0.155. The Morgan fingerprint density at radius 1 is 1.50 bits per heavy atom. The van der Waals surface area contributed by atoms with Crippen LogP contribution in [0.3, 0.4) is 0 Å². The number of ether oxygens (including phenoxy) is 1. The van der Waals surface area contributed by atoms with Gasteiger partial charge in [0.25, 0.3) is 0 Å². The molecule has 2 rings (SSSR count). The number of carbonyl (C=O) groups is 1. The van der Waals surface area contributed by atoms with Crippen LogP contribution in [-0.4, -0.2) is 38.5 Å². The number of aromatic nitrogens is 4. The summed E-state index contributed by atoms with van der Waals surface area (Å²) in [5.74, 6) is 0. The van der Waals surface area contributed by atoms with Crippen LogP contribution in [0, 0.1) is 0 Å². The summed E-state index contributed by atoms with van der Waals surface area (Å²) in [6, 6.07) is 0. The van der Waals surface area contributed by atoms with E-state index in [0.29, 0.717) is 17.8 Å². The predicted molar refractivity (Wildman–Crippen MR) is 59.5 cm³/mol. The summed E-state index contributed by atoms with van der Waals surface area (Å²) in [6.45, 7) is 2.07. The monoisotopic (exact) mass is 238 g/mol. The van der Waals surface area contributed by atoms with Crippen molar-refractivity contribution in [2.45, 2.75) is 11.9 Å². The third-order valence-corrected chi connectivity index (χ3v) is 2.64. The maximum Gasteiger partial charge on any atom is 0.420 e. The van der Waals surface area contributed by atoms with E-state index in [9.17, 15) is 4.79 Å². The molecule has 0 aliphatic rings. The van der Waals surface area contributed by atoms with Gasteiger partial charge in [-0.1, -0.05) is 0 Å². The van der Waals surface area contributed by atoms with E-state index in [4.69, 9.17) is 4.74 Å². The molecular weight excluding hydrogens is 228 g/mol. The smallest absolute Gasteiger partial charge is 0.420 e. The van der Waals surface area contributed by atoms with Gasteiger partial charge in [-0.15, -0.1) is 11.8 Å². The number of hydrogen-bond donors (Lipinski definition) is 0. The standard InChI is InChI=1S/C9H10N4O2S/c1-3-15-9(14)13-5-12-6-7(13)10-4-11-8(6)16-2/h4-5H,3H2,1-2H3. The summed E-state index contributed by atoms with van der Waals surface area (Å²) in [5, 5.41) is 0.744. The molecule has 0 radical (unpaired) electrons. The van der Waals surface area contributed by atoms with Crippen LogP contribution in [0.1, 0.15) is 6.92 Å². The fourth-order valence-corrected chi connectivity index (χ4v) is 1.78. The molecule has 0 amide bonds. The first-order valence-corrected chi connectivity index (χ1v) is 5.89. The van der Waals surface area contributed by atoms with Gasteiger partial charge in [0.2, 0.25) is 0 Å². The molecule has 0 aromatic carbocycles. The van der Waals surface area contributed by atoms with Crippen molar-refractivity contribution in [3.8, 4) is 0 Å². The summed E-state index contributed by atoms with van der Waals surface area (Å²) in [6.07, 6.45) is 4.23. The summed E-state index contributed by atoms with van der Waals surface area (Å²) in [4.78, 5) is 23.8. The maximum atomic E-state index is 11.6. The zero-order valence-electron chi connectivity index (χ0n) is 8.88. The molecule has 0 N–H and O–H groups in total. The highest BCUT2D eigenvalue weighted by Gasteiger charge is 2.14. The molecule has 0 aliphatic heterocycles.